The van der Waals surface area contributed by atoms with Gasteiger partial charge in [-0.05, 0) is 19.9 Å². The van der Waals surface area contributed by atoms with Gasteiger partial charge in [0.05, 0.1) is 23.8 Å². The van der Waals surface area contributed by atoms with E-state index in [-0.39, 0.29) is 0 Å². The van der Waals surface area contributed by atoms with Crippen LogP contribution in [0.3, 0.4) is 0 Å². The number of halogens is 2. The van der Waals surface area contributed by atoms with Gasteiger partial charge in [-0.15, -0.1) is 0 Å². The van der Waals surface area contributed by atoms with Gasteiger partial charge in [-0.2, -0.15) is 0 Å². The molecule has 0 saturated carbocycles. The van der Waals surface area contributed by atoms with Crippen LogP contribution in [0, 0.1) is 0 Å². The molecule has 20 heavy (non-hydrogen) atoms. The van der Waals surface area contributed by atoms with Crippen molar-refractivity contribution in [3.05, 3.63) is 22.7 Å². The highest BCUT2D eigenvalue weighted by molar-refractivity contribution is 9.09. The summed E-state index contributed by atoms with van der Waals surface area (Å²) in [7, 11) is -0.290. The zero-order valence-electron chi connectivity index (χ0n) is 12.0. The van der Waals surface area contributed by atoms with Gasteiger partial charge in [0.2, 0.25) is 0 Å². The molecule has 114 valence electrons. The van der Waals surface area contributed by atoms with E-state index in [1.165, 1.54) is 20.5 Å². The Morgan fingerprint density at radius 2 is 1.80 bits per heavy atom. The number of benzene rings is 1. The molecule has 1 atom stereocenters. The fraction of sp³-hybridized carbons (Fsp3) is 0.538. The number of ether oxygens (including phenoxy) is 2. The molecule has 0 aromatic heterocycles. The summed E-state index contributed by atoms with van der Waals surface area (Å²) in [6.45, 7) is 3.30. The second-order valence-corrected chi connectivity index (χ2v) is 8.83. The summed E-state index contributed by atoms with van der Waals surface area (Å²) in [5, 5.41) is 0.321. The Morgan fingerprint density at radius 1 is 1.25 bits per heavy atom. The van der Waals surface area contributed by atoms with Crippen molar-refractivity contribution >= 4 is 37.4 Å². The molecule has 0 saturated heterocycles. The molecule has 0 N–H and O–H groups in total. The molecule has 1 rings (SSSR count). The van der Waals surface area contributed by atoms with E-state index >= 15 is 0 Å². The topological polar surface area (TPSA) is 52.6 Å². The molecule has 0 bridgehead atoms. The number of sulfone groups is 1. The van der Waals surface area contributed by atoms with Crippen LogP contribution in [-0.4, -0.2) is 33.6 Å². The van der Waals surface area contributed by atoms with Crippen LogP contribution in [0.1, 0.15) is 24.2 Å². The largest absolute Gasteiger partial charge is 0.495 e. The standard InChI is InChI=1S/C13H18BrClO4S/c1-13(2,20(5,16)17)12(14)8-6-7-9(18-3)10(15)11(8)19-4/h6-7,12H,1-5H3. The van der Waals surface area contributed by atoms with Gasteiger partial charge >= 0.3 is 0 Å². The molecule has 0 aliphatic heterocycles. The molecule has 4 nitrogen and oxygen atoms in total. The summed E-state index contributed by atoms with van der Waals surface area (Å²) in [5.41, 5.74) is 0.661. The second-order valence-electron chi connectivity index (χ2n) is 4.94. The Bertz CT molecular complexity index is 599. The fourth-order valence-corrected chi connectivity index (χ4v) is 3.89. The molecule has 1 aromatic rings. The van der Waals surface area contributed by atoms with Gasteiger partial charge in [0.15, 0.2) is 9.84 Å². The van der Waals surface area contributed by atoms with Crippen molar-refractivity contribution in [2.24, 2.45) is 0 Å². The van der Waals surface area contributed by atoms with Crippen molar-refractivity contribution in [3.63, 3.8) is 0 Å². The molecule has 1 unspecified atom stereocenters. The molecule has 0 spiro atoms. The van der Waals surface area contributed by atoms with E-state index in [0.717, 1.165) is 0 Å². The summed E-state index contributed by atoms with van der Waals surface area (Å²) >= 11 is 9.66. The van der Waals surface area contributed by atoms with Crippen LogP contribution in [0.5, 0.6) is 11.5 Å². The predicted molar refractivity (Wildman–Crippen MR) is 85.1 cm³/mol. The summed E-state index contributed by atoms with van der Waals surface area (Å²) in [4.78, 5) is -0.469. The molecule has 0 aliphatic rings. The molecule has 0 amide bonds. The first kappa shape index (κ1) is 17.6. The van der Waals surface area contributed by atoms with Crippen molar-refractivity contribution in [1.82, 2.24) is 0 Å². The third-order valence-electron chi connectivity index (χ3n) is 3.36. The number of alkyl halides is 1. The Morgan fingerprint density at radius 3 is 2.20 bits per heavy atom. The maximum Gasteiger partial charge on any atom is 0.154 e. The molecule has 0 aliphatic carbocycles. The average Bonchev–Trinajstić information content (AvgIpc) is 2.36. The van der Waals surface area contributed by atoms with E-state index in [0.29, 0.717) is 22.1 Å². The van der Waals surface area contributed by atoms with Crippen molar-refractivity contribution in [2.75, 3.05) is 20.5 Å². The van der Waals surface area contributed by atoms with E-state index in [2.05, 4.69) is 15.9 Å². The summed E-state index contributed by atoms with van der Waals surface area (Å²) in [6.07, 6.45) is 1.21. The van der Waals surface area contributed by atoms with Gasteiger partial charge in [-0.3, -0.25) is 0 Å². The molecule has 0 fully saturated rings. The van der Waals surface area contributed by atoms with Crippen LogP contribution < -0.4 is 9.47 Å². The smallest absolute Gasteiger partial charge is 0.154 e. The van der Waals surface area contributed by atoms with Crippen molar-refractivity contribution in [2.45, 2.75) is 23.4 Å². The number of rotatable bonds is 5. The number of hydrogen-bond acceptors (Lipinski definition) is 4. The zero-order valence-corrected chi connectivity index (χ0v) is 15.2. The van der Waals surface area contributed by atoms with Gasteiger partial charge < -0.3 is 9.47 Å². The highest BCUT2D eigenvalue weighted by Gasteiger charge is 2.40. The Kier molecular flexibility index (Phi) is 5.38. The molecule has 0 radical (unpaired) electrons. The maximum absolute atomic E-state index is 11.9. The highest BCUT2D eigenvalue weighted by atomic mass is 79.9. The van der Waals surface area contributed by atoms with Crippen LogP contribution in [0.2, 0.25) is 5.02 Å². The molecule has 1 aromatic carbocycles. The lowest BCUT2D eigenvalue weighted by Crippen LogP contribution is -2.35. The third-order valence-corrected chi connectivity index (χ3v) is 7.80. The van der Waals surface area contributed by atoms with Crippen LogP contribution >= 0.6 is 27.5 Å². The normalized spacial score (nSPS) is 13.9. The van der Waals surface area contributed by atoms with Crippen molar-refractivity contribution in [3.8, 4) is 11.5 Å². The average molecular weight is 386 g/mol. The van der Waals surface area contributed by atoms with E-state index in [9.17, 15) is 8.42 Å². The number of methoxy groups -OCH3 is 2. The van der Waals surface area contributed by atoms with Gasteiger partial charge in [-0.1, -0.05) is 33.6 Å². The van der Waals surface area contributed by atoms with Crippen LogP contribution in [0.15, 0.2) is 12.1 Å². The Balaban J connectivity index is 3.45. The lowest BCUT2D eigenvalue weighted by molar-refractivity contribution is 0.390. The van der Waals surface area contributed by atoms with Gasteiger partial charge in [0.1, 0.15) is 16.5 Å². The quantitative estimate of drug-likeness (QED) is 0.727. The second kappa shape index (κ2) is 6.12. The van der Waals surface area contributed by atoms with Crippen LogP contribution in [0.25, 0.3) is 0 Å². The SMILES string of the molecule is COc1ccc(C(Br)C(C)(C)S(C)(=O)=O)c(OC)c1Cl. The van der Waals surface area contributed by atoms with Gasteiger partial charge in [0.25, 0.3) is 0 Å². The van der Waals surface area contributed by atoms with E-state index in [1.807, 2.05) is 0 Å². The first-order valence-corrected chi connectivity index (χ1v) is 9.00. The minimum absolute atomic E-state index is 0.321. The zero-order chi connectivity index (χ0) is 15.7. The molecular weight excluding hydrogens is 368 g/mol. The summed E-state index contributed by atoms with van der Waals surface area (Å²) in [6, 6.07) is 3.43. The Labute approximate surface area is 133 Å². The molecular formula is C13H18BrClO4S. The van der Waals surface area contributed by atoms with Gasteiger partial charge in [0, 0.05) is 11.8 Å². The summed E-state index contributed by atoms with van der Waals surface area (Å²) in [5.74, 6) is 0.883. The van der Waals surface area contributed by atoms with Crippen LogP contribution in [0.4, 0.5) is 0 Å². The lowest BCUT2D eigenvalue weighted by Gasteiger charge is -2.30. The number of hydrogen-bond donors (Lipinski definition) is 0. The predicted octanol–water partition coefficient (Wildman–Crippen LogP) is 3.62. The first-order chi connectivity index (χ1) is 9.07. The van der Waals surface area contributed by atoms with Crippen molar-refractivity contribution < 1.29 is 17.9 Å². The van der Waals surface area contributed by atoms with Crippen LogP contribution in [-0.2, 0) is 9.84 Å². The molecule has 7 heteroatoms. The van der Waals surface area contributed by atoms with E-state index < -0.39 is 19.4 Å². The molecule has 0 heterocycles. The fourth-order valence-electron chi connectivity index (χ4n) is 1.68. The first-order valence-electron chi connectivity index (χ1n) is 5.82. The van der Waals surface area contributed by atoms with E-state index in [1.54, 1.807) is 26.0 Å². The summed E-state index contributed by atoms with van der Waals surface area (Å²) < 4.78 is 33.3. The minimum atomic E-state index is -3.28. The van der Waals surface area contributed by atoms with Crippen molar-refractivity contribution in [1.29, 1.82) is 0 Å². The minimum Gasteiger partial charge on any atom is -0.495 e. The van der Waals surface area contributed by atoms with E-state index in [4.69, 9.17) is 21.1 Å². The third kappa shape index (κ3) is 3.07. The Hall–Kier alpha value is -0.460. The highest BCUT2D eigenvalue weighted by Crippen LogP contribution is 2.47. The lowest BCUT2D eigenvalue weighted by atomic mass is 10.0. The monoisotopic (exact) mass is 384 g/mol. The van der Waals surface area contributed by atoms with Gasteiger partial charge in [-0.25, -0.2) is 8.42 Å². The maximum atomic E-state index is 11.9.